The number of sulfonamides is 2. The lowest BCUT2D eigenvalue weighted by molar-refractivity contribution is 0.263. The van der Waals surface area contributed by atoms with Crippen LogP contribution in [0.1, 0.15) is 239 Å². The van der Waals surface area contributed by atoms with Gasteiger partial charge in [-0.2, -0.15) is 0 Å². The fourth-order valence-corrected chi connectivity index (χ4v) is 10.7. The summed E-state index contributed by atoms with van der Waals surface area (Å²) in [6.45, 7) is 14.7. The molecule has 426 valence electrons. The summed E-state index contributed by atoms with van der Waals surface area (Å²) in [5.41, 5.74) is 5.54. The minimum Gasteiger partial charge on any atom is -0.330 e. The Morgan fingerprint density at radius 3 is 0.855 bits per heavy atom. The Kier molecular flexibility index (Phi) is 76.9. The number of hydrogen-bond acceptors (Lipinski definition) is 9. The highest BCUT2D eigenvalue weighted by Crippen LogP contribution is 2.15. The lowest BCUT2D eigenvalue weighted by Crippen LogP contribution is -2.35. The van der Waals surface area contributed by atoms with E-state index in [0.717, 1.165) is 136 Å². The second-order valence-corrected chi connectivity index (χ2v) is 22.8. The molecule has 7 N–H and O–H groups in total. The molecule has 0 aliphatic heterocycles. The summed E-state index contributed by atoms with van der Waals surface area (Å²) in [7, 11) is -6.53. The quantitative estimate of drug-likeness (QED) is 0.0326. The molecule has 0 saturated carbocycles. The first kappa shape index (κ1) is 81.4. The smallest absolute Gasteiger partial charge is 0.211 e. The van der Waals surface area contributed by atoms with E-state index in [1.165, 1.54) is 154 Å². The van der Waals surface area contributed by atoms with Gasteiger partial charge in [0, 0.05) is 13.1 Å². The van der Waals surface area contributed by atoms with Crippen molar-refractivity contribution in [1.82, 2.24) is 30.3 Å². The monoisotopic (exact) mass is 1130 g/mol. The van der Waals surface area contributed by atoms with Crippen molar-refractivity contribution in [3.63, 3.8) is 0 Å². The van der Waals surface area contributed by atoms with Gasteiger partial charge in [-0.05, 0) is 123 Å². The molecule has 69 heavy (non-hydrogen) atoms. The third-order valence-electron chi connectivity index (χ3n) is 12.5. The summed E-state index contributed by atoms with van der Waals surface area (Å²) in [5, 5.41) is 10.6. The molecule has 0 amide bonds. The zero-order valence-corrected chi connectivity index (χ0v) is 50.4. The van der Waals surface area contributed by atoms with Gasteiger partial charge in [-0.25, -0.2) is 26.3 Å². The largest absolute Gasteiger partial charge is 0.330 e. The van der Waals surface area contributed by atoms with Crippen molar-refractivity contribution < 1.29 is 16.8 Å². The van der Waals surface area contributed by atoms with E-state index in [-0.39, 0.29) is 73.5 Å². The van der Waals surface area contributed by atoms with Crippen molar-refractivity contribution in [3.05, 3.63) is 0 Å². The minimum atomic E-state index is -3.27. The van der Waals surface area contributed by atoms with Crippen LogP contribution in [0.2, 0.25) is 0 Å². The topological polar surface area (TPSA) is 158 Å². The van der Waals surface area contributed by atoms with Gasteiger partial charge < -0.3 is 26.6 Å². The molecule has 0 aliphatic carbocycles. The molecule has 0 aliphatic rings. The number of unbranched alkanes of at least 4 members (excludes halogenated alkanes) is 27. The predicted molar refractivity (Wildman–Crippen MR) is 317 cm³/mol. The first-order valence-corrected chi connectivity index (χ1v) is 31.1. The van der Waals surface area contributed by atoms with E-state index in [4.69, 9.17) is 5.73 Å². The van der Waals surface area contributed by atoms with Crippen molar-refractivity contribution >= 4 is 82.1 Å². The third kappa shape index (κ3) is 67.1. The van der Waals surface area contributed by atoms with Gasteiger partial charge in [0.2, 0.25) is 20.0 Å². The number of nitrogens with one attached hydrogen (secondary N) is 5. The molecule has 0 heterocycles. The summed E-state index contributed by atoms with van der Waals surface area (Å²) in [6.07, 6.45) is 42.1. The van der Waals surface area contributed by atoms with E-state index < -0.39 is 20.0 Å². The molecule has 0 bridgehead atoms. The number of nitrogens with two attached hydrogens (primary N) is 1. The highest BCUT2D eigenvalue weighted by Gasteiger charge is 2.12. The average molecular weight is 1130 g/mol. The molecule has 11 nitrogen and oxygen atoms in total. The molecule has 0 spiro atoms. The van der Waals surface area contributed by atoms with Crippen LogP contribution >= 0.6 is 62.0 Å². The molecule has 0 radical (unpaired) electrons. The van der Waals surface area contributed by atoms with Crippen LogP contribution in [0.3, 0.4) is 0 Å². The third-order valence-corrected chi connectivity index (χ3v) is 15.5. The van der Waals surface area contributed by atoms with Crippen LogP contribution in [0.15, 0.2) is 0 Å². The number of nitrogens with zero attached hydrogens (tertiary/aromatic N) is 1. The fraction of sp³-hybridized carbons (Fsp3) is 1.00. The Morgan fingerprint density at radius 1 is 0.304 bits per heavy atom. The van der Waals surface area contributed by atoms with Gasteiger partial charge in [-0.3, -0.25) is 0 Å². The Morgan fingerprint density at radius 2 is 0.551 bits per heavy atom. The van der Waals surface area contributed by atoms with Gasteiger partial charge in [0.1, 0.15) is 0 Å². The Balaban J connectivity index is -0.00000198. The first-order chi connectivity index (χ1) is 31.3. The van der Waals surface area contributed by atoms with Crippen molar-refractivity contribution in [2.24, 2.45) is 5.73 Å². The average Bonchev–Trinajstić information content (AvgIpc) is 3.27. The normalized spacial score (nSPS) is 11.4. The van der Waals surface area contributed by atoms with Crippen molar-refractivity contribution in [2.75, 3.05) is 90.0 Å². The Hall–Kier alpha value is 1.07. The molecule has 0 aromatic carbocycles. The number of rotatable bonds is 56. The van der Waals surface area contributed by atoms with E-state index in [1.54, 1.807) is 0 Å². The van der Waals surface area contributed by atoms with Gasteiger partial charge in [0.15, 0.2) is 0 Å². The molecule has 0 saturated heterocycles. The summed E-state index contributed by atoms with van der Waals surface area (Å²) in [6, 6.07) is 0. The Labute approximate surface area is 460 Å². The van der Waals surface area contributed by atoms with Crippen LogP contribution in [0.5, 0.6) is 0 Å². The standard InChI is InChI=1S/C51H111N7O4S2.5ClH/c1-3-5-7-9-11-13-15-17-19-21-23-25-27-31-50-63(59,60)56-45-36-48-58(47-35-44-55-43-34-42-54-40-30-29-39-53-41-33-38-52)49-37-46-57-64(61,62)51-32-28-26-24-22-20-18-16-14-12-10-8-6-4-2;;;;;/h53-57H,3-52H2,1-2H3;5*1H. The van der Waals surface area contributed by atoms with Gasteiger partial charge >= 0.3 is 0 Å². The van der Waals surface area contributed by atoms with Gasteiger partial charge in [-0.1, -0.05) is 181 Å². The van der Waals surface area contributed by atoms with Gasteiger partial charge in [0.25, 0.3) is 0 Å². The van der Waals surface area contributed by atoms with Crippen LogP contribution in [-0.4, -0.2) is 112 Å². The molecule has 0 atom stereocenters. The van der Waals surface area contributed by atoms with Crippen LogP contribution in [-0.2, 0) is 20.0 Å². The van der Waals surface area contributed by atoms with Crippen LogP contribution in [0.25, 0.3) is 0 Å². The summed E-state index contributed by atoms with van der Waals surface area (Å²) < 4.78 is 56.6. The second-order valence-electron chi connectivity index (χ2n) is 19.0. The lowest BCUT2D eigenvalue weighted by atomic mass is 10.0. The van der Waals surface area contributed by atoms with Gasteiger partial charge in [0.05, 0.1) is 11.5 Å². The van der Waals surface area contributed by atoms with Crippen LogP contribution < -0.4 is 31.1 Å². The van der Waals surface area contributed by atoms with E-state index in [1.807, 2.05) is 0 Å². The maximum atomic E-state index is 12.7. The molecular formula is C51H116Cl5N7O4S2. The number of halogens is 5. The molecule has 0 aromatic heterocycles. The second kappa shape index (κ2) is 65.2. The summed E-state index contributed by atoms with van der Waals surface area (Å²) in [4.78, 5) is 2.37. The van der Waals surface area contributed by atoms with E-state index >= 15 is 0 Å². The van der Waals surface area contributed by atoms with Crippen LogP contribution in [0.4, 0.5) is 0 Å². The molecule has 18 heteroatoms. The minimum absolute atomic E-state index is 0. The maximum absolute atomic E-state index is 12.7. The van der Waals surface area contributed by atoms with E-state index in [9.17, 15) is 16.8 Å². The maximum Gasteiger partial charge on any atom is 0.211 e. The van der Waals surface area contributed by atoms with Crippen molar-refractivity contribution in [3.8, 4) is 0 Å². The molecular weight excluding hydrogens is 1020 g/mol. The SMILES string of the molecule is CCCCCCCCCCCCCCCCS(=O)(=O)NCCCN(CCCNCCCNCCCCNCCCN)CCCNS(=O)(=O)CCCCCCCCCCCCCCCC.Cl.Cl.Cl.Cl.Cl. The first-order valence-electron chi connectivity index (χ1n) is 27.8. The highest BCUT2D eigenvalue weighted by atomic mass is 35.5. The summed E-state index contributed by atoms with van der Waals surface area (Å²) >= 11 is 0. The van der Waals surface area contributed by atoms with Crippen molar-refractivity contribution in [2.45, 2.75) is 239 Å². The highest BCUT2D eigenvalue weighted by molar-refractivity contribution is 7.89. The van der Waals surface area contributed by atoms with E-state index in [2.05, 4.69) is 44.1 Å². The van der Waals surface area contributed by atoms with Crippen molar-refractivity contribution in [1.29, 1.82) is 0 Å². The van der Waals surface area contributed by atoms with Gasteiger partial charge in [-0.15, -0.1) is 62.0 Å². The summed E-state index contributed by atoms with van der Waals surface area (Å²) in [5.74, 6) is 0.422. The molecule has 0 aromatic rings. The predicted octanol–water partition coefficient (Wildman–Crippen LogP) is 12.7. The lowest BCUT2D eigenvalue weighted by Gasteiger charge is -2.22. The zero-order chi connectivity index (χ0) is 46.8. The fourth-order valence-electron chi connectivity index (χ4n) is 8.38. The molecule has 0 unspecified atom stereocenters. The van der Waals surface area contributed by atoms with Crippen LogP contribution in [0, 0.1) is 0 Å². The molecule has 0 fully saturated rings. The number of hydrogen-bond donors (Lipinski definition) is 6. The van der Waals surface area contributed by atoms with E-state index in [0.29, 0.717) is 13.1 Å². The molecule has 0 rings (SSSR count). The zero-order valence-electron chi connectivity index (χ0n) is 44.7. The Bertz CT molecular complexity index is 1090.